The molecule has 1 saturated heterocycles. The summed E-state index contributed by atoms with van der Waals surface area (Å²) in [5, 5.41) is 5.30. The largest absolute Gasteiger partial charge is 0.459 e. The number of hydrogen-bond acceptors (Lipinski definition) is 4. The molecule has 1 aromatic heterocycles. The average Bonchev–Trinajstić information content (AvgIpc) is 2.86. The van der Waals surface area contributed by atoms with Crippen molar-refractivity contribution in [1.29, 1.82) is 0 Å². The number of fused-ring (bicyclic) bond motifs is 1. The number of nitrogens with one attached hydrogen (secondary N) is 1. The Hall–Kier alpha value is -0.970. The number of benzene rings is 1. The molecule has 0 saturated carbocycles. The third-order valence-electron chi connectivity index (χ3n) is 4.18. The molecule has 3 nitrogen and oxygen atoms in total. The summed E-state index contributed by atoms with van der Waals surface area (Å²) in [5.74, 6) is 2.37. The second-order valence-corrected chi connectivity index (χ2v) is 7.07. The Labute approximate surface area is 131 Å². The van der Waals surface area contributed by atoms with Gasteiger partial charge in [0.25, 0.3) is 0 Å². The van der Waals surface area contributed by atoms with Crippen LogP contribution in [0.1, 0.15) is 24.7 Å². The smallest absolute Gasteiger partial charge is 0.134 e. The molecule has 114 valence electrons. The van der Waals surface area contributed by atoms with E-state index in [4.69, 9.17) is 4.42 Å². The molecule has 2 aromatic rings. The minimum atomic E-state index is 0.774. The zero-order valence-corrected chi connectivity index (χ0v) is 13.7. The van der Waals surface area contributed by atoms with E-state index in [-0.39, 0.29) is 0 Å². The van der Waals surface area contributed by atoms with Gasteiger partial charge in [0.05, 0.1) is 6.54 Å². The Bertz CT molecular complexity index is 595. The predicted octanol–water partition coefficient (Wildman–Crippen LogP) is 3.48. The maximum absolute atomic E-state index is 6.13. The Balaban J connectivity index is 1.84. The number of hydrogen-bond donors (Lipinski definition) is 1. The quantitative estimate of drug-likeness (QED) is 0.915. The van der Waals surface area contributed by atoms with E-state index in [9.17, 15) is 0 Å². The molecule has 0 spiro atoms. The molecule has 21 heavy (non-hydrogen) atoms. The molecule has 1 aliphatic rings. The van der Waals surface area contributed by atoms with Crippen molar-refractivity contribution in [1.82, 2.24) is 10.2 Å². The molecule has 0 bridgehead atoms. The summed E-state index contributed by atoms with van der Waals surface area (Å²) >= 11 is 2.11. The summed E-state index contributed by atoms with van der Waals surface area (Å²) in [6.07, 6.45) is 1.25. The molecule has 2 heterocycles. The maximum atomic E-state index is 6.13. The van der Waals surface area contributed by atoms with Crippen molar-refractivity contribution in [2.45, 2.75) is 31.7 Å². The monoisotopic (exact) mass is 304 g/mol. The summed E-state index contributed by atoms with van der Waals surface area (Å²) in [4.78, 5) is 2.54. The fourth-order valence-electron chi connectivity index (χ4n) is 3.02. The van der Waals surface area contributed by atoms with Gasteiger partial charge in [0.1, 0.15) is 11.3 Å². The summed E-state index contributed by atoms with van der Waals surface area (Å²) in [6, 6.07) is 8.36. The van der Waals surface area contributed by atoms with Crippen LogP contribution < -0.4 is 5.32 Å². The van der Waals surface area contributed by atoms with Gasteiger partial charge in [0.15, 0.2) is 0 Å². The van der Waals surface area contributed by atoms with Gasteiger partial charge in [-0.25, -0.2) is 0 Å². The van der Waals surface area contributed by atoms with Crippen LogP contribution in [0, 0.1) is 0 Å². The second kappa shape index (κ2) is 6.86. The average molecular weight is 304 g/mol. The third kappa shape index (κ3) is 3.28. The summed E-state index contributed by atoms with van der Waals surface area (Å²) in [5.41, 5.74) is 2.33. The molecular weight excluding hydrogens is 280 g/mol. The van der Waals surface area contributed by atoms with Crippen molar-refractivity contribution in [3.05, 3.63) is 35.6 Å². The van der Waals surface area contributed by atoms with Gasteiger partial charge in [0.2, 0.25) is 0 Å². The minimum absolute atomic E-state index is 0.774. The van der Waals surface area contributed by atoms with Crippen LogP contribution in [0.15, 0.2) is 28.7 Å². The molecule has 0 radical (unpaired) electrons. The molecule has 4 heteroatoms. The fraction of sp³-hybridized carbons (Fsp3) is 0.529. The number of furan rings is 1. The van der Waals surface area contributed by atoms with Gasteiger partial charge < -0.3 is 9.73 Å². The van der Waals surface area contributed by atoms with Crippen molar-refractivity contribution in [3.63, 3.8) is 0 Å². The first-order valence-electron chi connectivity index (χ1n) is 7.79. The van der Waals surface area contributed by atoms with Gasteiger partial charge in [-0.05, 0) is 19.5 Å². The molecular formula is C17H24N2OS. The minimum Gasteiger partial charge on any atom is -0.459 e. The Morgan fingerprint density at radius 3 is 3.05 bits per heavy atom. The first kappa shape index (κ1) is 14.9. The third-order valence-corrected chi connectivity index (χ3v) is 5.55. The van der Waals surface area contributed by atoms with Crippen LogP contribution >= 0.6 is 11.8 Å². The van der Waals surface area contributed by atoms with Crippen LogP contribution in [0.2, 0.25) is 0 Å². The second-order valence-electron chi connectivity index (χ2n) is 5.67. The maximum Gasteiger partial charge on any atom is 0.134 e. The van der Waals surface area contributed by atoms with Crippen LogP contribution in [0.5, 0.6) is 0 Å². The lowest BCUT2D eigenvalue weighted by Crippen LogP contribution is -2.37. The highest BCUT2D eigenvalue weighted by Gasteiger charge is 2.22. The van der Waals surface area contributed by atoms with Gasteiger partial charge in [-0.15, -0.1) is 0 Å². The summed E-state index contributed by atoms with van der Waals surface area (Å²) < 4.78 is 6.13. The van der Waals surface area contributed by atoms with Crippen molar-refractivity contribution in [2.75, 3.05) is 25.9 Å². The van der Waals surface area contributed by atoms with E-state index >= 15 is 0 Å². The Kier molecular flexibility index (Phi) is 4.88. The summed E-state index contributed by atoms with van der Waals surface area (Å²) in [7, 11) is 2.00. The molecule has 0 amide bonds. The molecule has 1 aliphatic heterocycles. The zero-order valence-electron chi connectivity index (χ0n) is 12.9. The molecule has 1 fully saturated rings. The van der Waals surface area contributed by atoms with Gasteiger partial charge in [-0.3, -0.25) is 4.90 Å². The van der Waals surface area contributed by atoms with Crippen LogP contribution in [0.4, 0.5) is 0 Å². The lowest BCUT2D eigenvalue weighted by atomic mass is 10.1. The molecule has 1 aromatic carbocycles. The number of rotatable bonds is 5. The van der Waals surface area contributed by atoms with E-state index in [1.54, 1.807) is 0 Å². The highest BCUT2D eigenvalue weighted by molar-refractivity contribution is 8.00. The van der Waals surface area contributed by atoms with E-state index < -0.39 is 0 Å². The first-order valence-corrected chi connectivity index (χ1v) is 8.84. The van der Waals surface area contributed by atoms with Crippen molar-refractivity contribution < 1.29 is 4.42 Å². The van der Waals surface area contributed by atoms with Gasteiger partial charge in [0, 0.05) is 41.6 Å². The number of nitrogens with zero attached hydrogens (tertiary/aromatic N) is 1. The highest BCUT2D eigenvalue weighted by Crippen LogP contribution is 2.29. The lowest BCUT2D eigenvalue weighted by Gasteiger charge is -2.31. The normalized spacial score (nSPS) is 20.2. The van der Waals surface area contributed by atoms with Gasteiger partial charge >= 0.3 is 0 Å². The van der Waals surface area contributed by atoms with Gasteiger partial charge in [-0.2, -0.15) is 11.8 Å². The van der Waals surface area contributed by atoms with Gasteiger partial charge in [-0.1, -0.05) is 25.1 Å². The molecule has 1 unspecified atom stereocenters. The SMILES string of the molecule is CCC1CN(Cc2oc3ccccc3c2CNC)CCS1. The summed E-state index contributed by atoms with van der Waals surface area (Å²) in [6.45, 7) is 6.43. The number of para-hydroxylation sites is 1. The Morgan fingerprint density at radius 1 is 1.38 bits per heavy atom. The van der Waals surface area contributed by atoms with Crippen LogP contribution in [-0.2, 0) is 13.1 Å². The van der Waals surface area contributed by atoms with E-state index in [1.165, 1.54) is 29.7 Å². The predicted molar refractivity (Wildman–Crippen MR) is 90.8 cm³/mol. The molecule has 1 atom stereocenters. The van der Waals surface area contributed by atoms with E-state index in [2.05, 4.69) is 47.1 Å². The fourth-order valence-corrected chi connectivity index (χ4v) is 4.27. The van der Waals surface area contributed by atoms with Crippen molar-refractivity contribution in [2.24, 2.45) is 0 Å². The number of thioether (sulfide) groups is 1. The van der Waals surface area contributed by atoms with Crippen LogP contribution in [0.25, 0.3) is 11.0 Å². The Morgan fingerprint density at radius 2 is 2.24 bits per heavy atom. The molecule has 3 rings (SSSR count). The first-order chi connectivity index (χ1) is 10.3. The van der Waals surface area contributed by atoms with Crippen molar-refractivity contribution >= 4 is 22.7 Å². The lowest BCUT2D eigenvalue weighted by molar-refractivity contribution is 0.251. The van der Waals surface area contributed by atoms with E-state index in [0.717, 1.165) is 36.2 Å². The van der Waals surface area contributed by atoms with Crippen LogP contribution in [0.3, 0.4) is 0 Å². The molecule has 0 aliphatic carbocycles. The topological polar surface area (TPSA) is 28.4 Å². The van der Waals surface area contributed by atoms with Crippen LogP contribution in [-0.4, -0.2) is 36.0 Å². The van der Waals surface area contributed by atoms with E-state index in [1.807, 2.05) is 13.1 Å². The zero-order chi connectivity index (χ0) is 14.7. The van der Waals surface area contributed by atoms with Crippen molar-refractivity contribution in [3.8, 4) is 0 Å². The highest BCUT2D eigenvalue weighted by atomic mass is 32.2. The standard InChI is InChI=1S/C17H24N2OS/c1-3-13-11-19(8-9-21-13)12-17-15(10-18-2)14-6-4-5-7-16(14)20-17/h4-7,13,18H,3,8-12H2,1-2H3. The van der Waals surface area contributed by atoms with E-state index in [0.29, 0.717) is 0 Å². The molecule has 1 N–H and O–H groups in total.